The molecule has 3 unspecified atom stereocenters. The van der Waals surface area contributed by atoms with E-state index in [0.29, 0.717) is 36.6 Å². The number of hydrogen-bond acceptors (Lipinski definition) is 15. The molecule has 0 aliphatic rings. The van der Waals surface area contributed by atoms with Crippen LogP contribution in [0.2, 0.25) is 0 Å². The molecule has 0 aliphatic heterocycles. The van der Waals surface area contributed by atoms with Gasteiger partial charge >= 0.3 is 34.7 Å². The molecule has 15 nitrogen and oxygen atoms in total. The molecule has 0 aromatic rings. The maximum Gasteiger partial charge on any atom is 3.00 e. The van der Waals surface area contributed by atoms with Crippen LogP contribution in [0.4, 0.5) is 0 Å². The molecule has 0 spiro atoms. The first kappa shape index (κ1) is 63.1. The summed E-state index contributed by atoms with van der Waals surface area (Å²) in [5.41, 5.74) is 0. The third-order valence-electron chi connectivity index (χ3n) is 4.32. The van der Waals surface area contributed by atoms with Crippen LogP contribution < -0.4 is 30.6 Å². The van der Waals surface area contributed by atoms with Crippen molar-refractivity contribution in [1.82, 2.24) is 0 Å². The van der Waals surface area contributed by atoms with Gasteiger partial charge in [-0.05, 0) is 20.8 Å². The topological polar surface area (TPSA) is 292 Å². The van der Waals surface area contributed by atoms with Gasteiger partial charge in [0, 0.05) is 19.3 Å². The molecule has 0 saturated carbocycles. The van der Waals surface area contributed by atoms with Crippen molar-refractivity contribution in [2.24, 2.45) is 35.5 Å². The number of carbonyl (C=O) groups is 9. The van der Waals surface area contributed by atoms with E-state index in [9.17, 15) is 73.8 Å². The van der Waals surface area contributed by atoms with E-state index >= 15 is 0 Å². The molecule has 0 bridgehead atoms. The van der Waals surface area contributed by atoms with Gasteiger partial charge in [-0.1, -0.05) is 59.3 Å². The van der Waals surface area contributed by atoms with Crippen LogP contribution in [-0.2, 0) is 43.2 Å². The molecule has 0 amide bonds. The van der Waals surface area contributed by atoms with Gasteiger partial charge in [-0.3, -0.25) is 14.4 Å². The van der Waals surface area contributed by atoms with Crippen LogP contribution >= 0.6 is 0 Å². The van der Waals surface area contributed by atoms with Gasteiger partial charge in [0.1, 0.15) is 36.2 Å². The van der Waals surface area contributed by atoms with Gasteiger partial charge in [0.05, 0.1) is 35.7 Å². The van der Waals surface area contributed by atoms with Crippen LogP contribution in [0, 0.1) is 35.5 Å². The van der Waals surface area contributed by atoms with E-state index in [2.05, 4.69) is 0 Å². The number of aldehydes is 3. The van der Waals surface area contributed by atoms with Gasteiger partial charge in [0.15, 0.2) is 0 Å². The minimum atomic E-state index is -1.49. The quantitative estimate of drug-likeness (QED) is 0.0875. The van der Waals surface area contributed by atoms with E-state index in [1.807, 2.05) is 41.5 Å². The van der Waals surface area contributed by atoms with Gasteiger partial charge in [0.25, 0.3) is 0 Å². The van der Waals surface area contributed by atoms with Crippen molar-refractivity contribution < 1.29 is 73.8 Å². The second-order valence-corrected chi connectivity index (χ2v) is 10.3. The monoisotopic (exact) mass is 702 g/mol. The molecule has 3 atom stereocenters. The molecular formula is C30H48Al2O15. The maximum absolute atomic E-state index is 10.4. The molecule has 264 valence electrons. The smallest absolute Gasteiger partial charge is 0.854 e. The first-order valence-electron chi connectivity index (χ1n) is 13.8. The molecule has 0 aromatic carbocycles. The fraction of sp³-hybridized carbons (Fsp3) is 0.700. The van der Waals surface area contributed by atoms with Gasteiger partial charge in [0.2, 0.25) is 0 Å². The van der Waals surface area contributed by atoms with E-state index < -0.39 is 53.0 Å². The van der Waals surface area contributed by atoms with Gasteiger partial charge in [-0.15, -0.1) is 19.8 Å². The number of carboxylic acids is 3. The van der Waals surface area contributed by atoms with Crippen LogP contribution in [0.5, 0.6) is 0 Å². The summed E-state index contributed by atoms with van der Waals surface area (Å²) in [6.07, 6.45) is 0.290. The zero-order valence-electron chi connectivity index (χ0n) is 28.7. The number of aliphatic carboxylic acids is 3. The van der Waals surface area contributed by atoms with Crippen molar-refractivity contribution in [3.8, 4) is 0 Å². The van der Waals surface area contributed by atoms with Crippen molar-refractivity contribution >= 4 is 88.8 Å². The molecule has 0 aliphatic carbocycles. The average molecular weight is 703 g/mol. The van der Waals surface area contributed by atoms with Crippen LogP contribution in [0.3, 0.4) is 0 Å². The fourth-order valence-corrected chi connectivity index (χ4v) is 1.57. The zero-order valence-corrected chi connectivity index (χ0v) is 31.0. The Hall–Kier alpha value is -2.63. The predicted octanol–water partition coefficient (Wildman–Crippen LogP) is -5.16. The van der Waals surface area contributed by atoms with Crippen molar-refractivity contribution in [3.63, 3.8) is 0 Å². The third kappa shape index (κ3) is 56.1. The Labute approximate surface area is 298 Å². The first-order chi connectivity index (χ1) is 20.6. The van der Waals surface area contributed by atoms with Gasteiger partial charge < -0.3 is 59.4 Å². The number of carbonyl (C=O) groups excluding carboxylic acids is 9. The molecule has 47 heavy (non-hydrogen) atoms. The molecule has 17 heteroatoms. The Morgan fingerprint density at radius 1 is 0.447 bits per heavy atom. The van der Waals surface area contributed by atoms with E-state index in [1.165, 1.54) is 0 Å². The fourth-order valence-electron chi connectivity index (χ4n) is 1.57. The van der Waals surface area contributed by atoms with Crippen LogP contribution in [-0.4, -0.2) is 109 Å². The molecule has 0 rings (SSSR count). The average Bonchev–Trinajstić information content (AvgIpc) is 2.93. The Kier molecular flexibility index (Phi) is 58.2. The number of hydrogen-bond donors (Lipinski definition) is 0. The molecule has 0 saturated heterocycles. The van der Waals surface area contributed by atoms with Gasteiger partial charge in [-0.2, -0.15) is 0 Å². The largest absolute Gasteiger partial charge is 3.00 e. The third-order valence-corrected chi connectivity index (χ3v) is 4.32. The Bertz CT molecular complexity index is 709. The summed E-state index contributed by atoms with van der Waals surface area (Å²) in [5, 5.41) is 59.0. The Balaban J connectivity index is -0.0000000660. The van der Waals surface area contributed by atoms with Crippen molar-refractivity contribution in [3.05, 3.63) is 0 Å². The number of rotatable bonds is 15. The Morgan fingerprint density at radius 2 is 0.574 bits per heavy atom. The zero-order chi connectivity index (χ0) is 37.3. The van der Waals surface area contributed by atoms with E-state index in [1.54, 1.807) is 0 Å². The number of Topliss-reactive ketones (excluding diaryl/α,β-unsaturated/α-hetero) is 3. The van der Waals surface area contributed by atoms with Crippen molar-refractivity contribution in [2.45, 2.75) is 81.6 Å². The summed E-state index contributed by atoms with van der Waals surface area (Å²) in [5.74, 6) is -8.92. The van der Waals surface area contributed by atoms with Crippen molar-refractivity contribution in [2.75, 3.05) is 19.8 Å². The standard InChI is InChI=1S/3C6H8O4.3C4H9O.2Al/c3*1-4(8)5(2-3-7)6(9)10;3*1-4(2)3-5;;/h3*3,5H,2H2,1H3,(H,9,10);3*4H,3H2,1-2H3;;/q;;;3*-1;2*+3/p-3. The SMILES string of the molecule is CC(=O)C(CC=O)C(=O)[O-].CC(=O)C(CC=O)C(=O)[O-].CC(=O)C(CC=O)C(=O)[O-].CC(C)C[O-].CC(C)C[O-].CC(C)C[O-].[Al+3].[Al+3]. The second kappa shape index (κ2) is 43.4. The van der Waals surface area contributed by atoms with Crippen LogP contribution in [0.15, 0.2) is 0 Å². The summed E-state index contributed by atoms with van der Waals surface area (Å²) in [4.78, 5) is 90.6. The number of carboxylic acid groups (broad SMARTS) is 3. The van der Waals surface area contributed by atoms with Crippen molar-refractivity contribution in [1.29, 1.82) is 0 Å². The molecule has 0 aromatic heterocycles. The van der Waals surface area contributed by atoms with Crippen LogP contribution in [0.25, 0.3) is 0 Å². The Morgan fingerprint density at radius 3 is 0.596 bits per heavy atom. The maximum atomic E-state index is 10.4. The summed E-state index contributed by atoms with van der Waals surface area (Å²) in [6.45, 7) is 15.0. The van der Waals surface area contributed by atoms with E-state index in [4.69, 9.17) is 0 Å². The number of ketones is 3. The minimum Gasteiger partial charge on any atom is -0.854 e. The molecule has 0 N–H and O–H groups in total. The summed E-state index contributed by atoms with van der Waals surface area (Å²) in [6, 6.07) is 0. The minimum absolute atomic E-state index is 0. The van der Waals surface area contributed by atoms with Crippen LogP contribution in [0.1, 0.15) is 81.6 Å². The molecule has 0 heterocycles. The normalized spacial score (nSPS) is 10.8. The summed E-state index contributed by atoms with van der Waals surface area (Å²) in [7, 11) is 0. The molecule has 0 radical (unpaired) electrons. The van der Waals surface area contributed by atoms with E-state index in [-0.39, 0.29) is 73.8 Å². The van der Waals surface area contributed by atoms with Gasteiger partial charge in [-0.25, -0.2) is 0 Å². The summed E-state index contributed by atoms with van der Waals surface area (Å²) < 4.78 is 0. The molecular weight excluding hydrogens is 654 g/mol. The molecule has 0 fully saturated rings. The first-order valence-corrected chi connectivity index (χ1v) is 13.8. The second-order valence-electron chi connectivity index (χ2n) is 10.3. The predicted molar refractivity (Wildman–Crippen MR) is 160 cm³/mol. The summed E-state index contributed by atoms with van der Waals surface area (Å²) >= 11 is 0. The van der Waals surface area contributed by atoms with E-state index in [0.717, 1.165) is 20.8 Å².